The second-order valence-corrected chi connectivity index (χ2v) is 4.80. The molecule has 0 radical (unpaired) electrons. The van der Waals surface area contributed by atoms with Crippen LogP contribution >= 0.6 is 0 Å². The van der Waals surface area contributed by atoms with Gasteiger partial charge >= 0.3 is 0 Å². The molecule has 1 unspecified atom stereocenters. The van der Waals surface area contributed by atoms with E-state index in [-0.39, 0.29) is 11.7 Å². The van der Waals surface area contributed by atoms with Crippen LogP contribution in [0.4, 0.5) is 0 Å². The van der Waals surface area contributed by atoms with Crippen LogP contribution in [0.1, 0.15) is 23.6 Å². The fourth-order valence-electron chi connectivity index (χ4n) is 1.71. The summed E-state index contributed by atoms with van der Waals surface area (Å²) in [4.78, 5) is 13.6. The van der Waals surface area contributed by atoms with Gasteiger partial charge in [-0.25, -0.2) is 0 Å². The van der Waals surface area contributed by atoms with Crippen molar-refractivity contribution in [1.29, 1.82) is 0 Å². The Morgan fingerprint density at radius 3 is 2.58 bits per heavy atom. The number of aryl methyl sites for hydroxylation is 2. The molecule has 1 aromatic carbocycles. The van der Waals surface area contributed by atoms with Crippen LogP contribution in [0.5, 0.6) is 0 Å². The lowest BCUT2D eigenvalue weighted by Crippen LogP contribution is -2.44. The Hall–Kier alpha value is -2.04. The molecule has 0 saturated heterocycles. The first kappa shape index (κ1) is 15.0. The number of carbonyl (C=O) groups excluding carboxylic acids is 1. The number of benzene rings is 1. The van der Waals surface area contributed by atoms with Crippen LogP contribution in [0.3, 0.4) is 0 Å². The maximum Gasteiger partial charge on any atom is 0.227 e. The summed E-state index contributed by atoms with van der Waals surface area (Å²) >= 11 is 0. The molecule has 0 fully saturated rings. The average Bonchev–Trinajstić information content (AvgIpc) is 2.40. The first-order valence-corrected chi connectivity index (χ1v) is 6.16. The Kier molecular flexibility index (Phi) is 4.92. The molecule has 19 heavy (non-hydrogen) atoms. The Balaban J connectivity index is 2.76. The van der Waals surface area contributed by atoms with Crippen molar-refractivity contribution in [3.63, 3.8) is 0 Å². The standard InChI is InChI=1S/C14H21N3O2/c1-9-5-6-12(7-10(9)2)8-13(18)17(4)11(3)14(15)16-19/h5-7,11,19H,8H2,1-4H3,(H2,15,16). The second kappa shape index (κ2) is 6.22. The van der Waals surface area contributed by atoms with Crippen molar-refractivity contribution in [2.75, 3.05) is 7.05 Å². The predicted octanol–water partition coefficient (Wildman–Crippen LogP) is 1.44. The second-order valence-electron chi connectivity index (χ2n) is 4.80. The van der Waals surface area contributed by atoms with Gasteiger partial charge in [-0.15, -0.1) is 0 Å². The van der Waals surface area contributed by atoms with E-state index in [1.807, 2.05) is 32.0 Å². The maximum absolute atomic E-state index is 12.1. The third-order valence-electron chi connectivity index (χ3n) is 3.44. The van der Waals surface area contributed by atoms with E-state index in [1.165, 1.54) is 10.5 Å². The van der Waals surface area contributed by atoms with Crippen molar-refractivity contribution in [2.24, 2.45) is 10.9 Å². The number of rotatable bonds is 4. The number of hydrogen-bond donors (Lipinski definition) is 2. The number of oxime groups is 1. The topological polar surface area (TPSA) is 78.9 Å². The molecule has 0 aliphatic rings. The van der Waals surface area contributed by atoms with E-state index in [0.717, 1.165) is 11.1 Å². The Labute approximate surface area is 113 Å². The predicted molar refractivity (Wildman–Crippen MR) is 75.3 cm³/mol. The summed E-state index contributed by atoms with van der Waals surface area (Å²) < 4.78 is 0. The number of likely N-dealkylation sites (N-methyl/N-ethyl adjacent to an activating group) is 1. The van der Waals surface area contributed by atoms with E-state index < -0.39 is 6.04 Å². The van der Waals surface area contributed by atoms with E-state index in [1.54, 1.807) is 14.0 Å². The zero-order valence-corrected chi connectivity index (χ0v) is 11.8. The number of carbonyl (C=O) groups is 1. The number of nitrogens with two attached hydrogens (primary N) is 1. The van der Waals surface area contributed by atoms with Crippen molar-refractivity contribution >= 4 is 11.7 Å². The summed E-state index contributed by atoms with van der Waals surface area (Å²) in [7, 11) is 1.64. The van der Waals surface area contributed by atoms with E-state index in [4.69, 9.17) is 10.9 Å². The number of amidine groups is 1. The molecule has 0 aromatic heterocycles. The Morgan fingerprint density at radius 1 is 1.42 bits per heavy atom. The minimum Gasteiger partial charge on any atom is -0.409 e. The van der Waals surface area contributed by atoms with Crippen LogP contribution in [-0.4, -0.2) is 34.9 Å². The summed E-state index contributed by atoms with van der Waals surface area (Å²) in [6.45, 7) is 5.77. The summed E-state index contributed by atoms with van der Waals surface area (Å²) in [5.41, 5.74) is 8.83. The molecule has 0 heterocycles. The van der Waals surface area contributed by atoms with Gasteiger partial charge in [0.15, 0.2) is 5.84 Å². The molecule has 0 aliphatic heterocycles. The Bertz CT molecular complexity index is 497. The fourth-order valence-corrected chi connectivity index (χ4v) is 1.71. The molecular weight excluding hydrogens is 242 g/mol. The molecule has 0 bridgehead atoms. The molecular formula is C14H21N3O2. The van der Waals surface area contributed by atoms with Crippen LogP contribution in [0.15, 0.2) is 23.4 Å². The average molecular weight is 263 g/mol. The van der Waals surface area contributed by atoms with E-state index >= 15 is 0 Å². The lowest BCUT2D eigenvalue weighted by Gasteiger charge is -2.23. The summed E-state index contributed by atoms with van der Waals surface area (Å²) in [6, 6.07) is 5.53. The zero-order chi connectivity index (χ0) is 14.6. The summed E-state index contributed by atoms with van der Waals surface area (Å²) in [5, 5.41) is 11.5. The SMILES string of the molecule is Cc1ccc(CC(=O)N(C)C(C)C(N)=NO)cc1C. The van der Waals surface area contributed by atoms with Crippen molar-refractivity contribution in [1.82, 2.24) is 4.90 Å². The van der Waals surface area contributed by atoms with Gasteiger partial charge in [0.05, 0.1) is 12.5 Å². The highest BCUT2D eigenvalue weighted by atomic mass is 16.4. The van der Waals surface area contributed by atoms with Crippen molar-refractivity contribution in [3.05, 3.63) is 34.9 Å². The number of hydrogen-bond acceptors (Lipinski definition) is 3. The zero-order valence-electron chi connectivity index (χ0n) is 11.8. The molecule has 3 N–H and O–H groups in total. The van der Waals surface area contributed by atoms with Gasteiger partial charge in [-0.2, -0.15) is 0 Å². The van der Waals surface area contributed by atoms with Gasteiger partial charge in [0, 0.05) is 7.05 Å². The largest absolute Gasteiger partial charge is 0.409 e. The molecule has 104 valence electrons. The van der Waals surface area contributed by atoms with Gasteiger partial charge in [0.2, 0.25) is 5.91 Å². The molecule has 1 aromatic rings. The van der Waals surface area contributed by atoms with Crippen LogP contribution in [0.2, 0.25) is 0 Å². The van der Waals surface area contributed by atoms with Gasteiger partial charge in [0.25, 0.3) is 0 Å². The van der Waals surface area contributed by atoms with Gasteiger partial charge < -0.3 is 15.8 Å². The van der Waals surface area contributed by atoms with Gasteiger partial charge in [0.1, 0.15) is 0 Å². The maximum atomic E-state index is 12.1. The highest BCUT2D eigenvalue weighted by Crippen LogP contribution is 2.11. The quantitative estimate of drug-likeness (QED) is 0.373. The third-order valence-corrected chi connectivity index (χ3v) is 3.44. The minimum absolute atomic E-state index is 0.0240. The molecule has 0 saturated carbocycles. The number of nitrogens with zero attached hydrogens (tertiary/aromatic N) is 2. The van der Waals surface area contributed by atoms with Gasteiger partial charge in [-0.1, -0.05) is 23.4 Å². The molecule has 0 aliphatic carbocycles. The lowest BCUT2D eigenvalue weighted by molar-refractivity contribution is -0.129. The summed E-state index contributed by atoms with van der Waals surface area (Å²) in [5.74, 6) is -0.0433. The van der Waals surface area contributed by atoms with Crippen LogP contribution < -0.4 is 5.73 Å². The van der Waals surface area contributed by atoms with Gasteiger partial charge in [-0.3, -0.25) is 4.79 Å². The van der Waals surface area contributed by atoms with Crippen LogP contribution in [0.25, 0.3) is 0 Å². The normalized spacial score (nSPS) is 13.2. The lowest BCUT2D eigenvalue weighted by atomic mass is 10.0. The third kappa shape index (κ3) is 3.71. The van der Waals surface area contributed by atoms with Crippen molar-refractivity contribution in [3.8, 4) is 0 Å². The molecule has 1 rings (SSSR count). The minimum atomic E-state index is -0.427. The first-order valence-electron chi connectivity index (χ1n) is 6.16. The fraction of sp³-hybridized carbons (Fsp3) is 0.429. The van der Waals surface area contributed by atoms with E-state index in [9.17, 15) is 4.79 Å². The first-order chi connectivity index (χ1) is 8.86. The van der Waals surface area contributed by atoms with Crippen molar-refractivity contribution < 1.29 is 10.0 Å². The van der Waals surface area contributed by atoms with E-state index in [2.05, 4.69) is 5.16 Å². The highest BCUT2D eigenvalue weighted by Gasteiger charge is 2.19. The molecule has 0 spiro atoms. The molecule has 1 amide bonds. The van der Waals surface area contributed by atoms with Crippen LogP contribution in [-0.2, 0) is 11.2 Å². The van der Waals surface area contributed by atoms with Crippen LogP contribution in [0, 0.1) is 13.8 Å². The Morgan fingerprint density at radius 2 is 2.05 bits per heavy atom. The van der Waals surface area contributed by atoms with Gasteiger partial charge in [-0.05, 0) is 37.5 Å². The summed E-state index contributed by atoms with van der Waals surface area (Å²) in [6.07, 6.45) is 0.306. The monoisotopic (exact) mass is 263 g/mol. The molecule has 5 nitrogen and oxygen atoms in total. The van der Waals surface area contributed by atoms with Crippen molar-refractivity contribution in [2.45, 2.75) is 33.2 Å². The smallest absolute Gasteiger partial charge is 0.227 e. The van der Waals surface area contributed by atoms with E-state index in [0.29, 0.717) is 6.42 Å². The number of amides is 1. The highest BCUT2D eigenvalue weighted by molar-refractivity contribution is 5.90. The molecule has 5 heteroatoms. The molecule has 1 atom stereocenters.